The Balaban J connectivity index is 1.49. The summed E-state index contributed by atoms with van der Waals surface area (Å²) in [4.78, 5) is 0. The van der Waals surface area contributed by atoms with Crippen molar-refractivity contribution in [2.24, 2.45) is 29.1 Å². The van der Waals surface area contributed by atoms with Gasteiger partial charge in [-0.25, -0.2) is 0 Å². The molecule has 0 aromatic carbocycles. The van der Waals surface area contributed by atoms with Crippen LogP contribution in [0.1, 0.15) is 59.3 Å². The Labute approximate surface area is 107 Å². The summed E-state index contributed by atoms with van der Waals surface area (Å²) in [5.74, 6) is 4.11. The summed E-state index contributed by atoms with van der Waals surface area (Å²) in [6, 6.07) is 0.796. The zero-order chi connectivity index (χ0) is 12.0. The smallest absolute Gasteiger partial charge is 0.00980 e. The maximum absolute atomic E-state index is 3.93. The molecule has 3 saturated carbocycles. The molecule has 0 radical (unpaired) electrons. The lowest BCUT2D eigenvalue weighted by Gasteiger charge is -2.23. The molecule has 17 heavy (non-hydrogen) atoms. The summed E-state index contributed by atoms with van der Waals surface area (Å²) in [6.45, 7) is 8.63. The summed E-state index contributed by atoms with van der Waals surface area (Å²) >= 11 is 0. The van der Waals surface area contributed by atoms with Crippen molar-refractivity contribution in [3.05, 3.63) is 0 Å². The molecule has 0 saturated heterocycles. The van der Waals surface area contributed by atoms with E-state index in [1.54, 1.807) is 0 Å². The average molecular weight is 235 g/mol. The van der Waals surface area contributed by atoms with Crippen LogP contribution in [0.5, 0.6) is 0 Å². The van der Waals surface area contributed by atoms with Gasteiger partial charge in [0, 0.05) is 6.04 Å². The van der Waals surface area contributed by atoms with E-state index in [0.29, 0.717) is 5.41 Å². The van der Waals surface area contributed by atoms with Crippen LogP contribution in [-0.4, -0.2) is 12.6 Å². The number of nitrogens with one attached hydrogen (secondary N) is 1. The standard InChI is InChI=1S/C16H29N/c1-11-8-16(2,3)9-15(11)17-10-14(12-4-5-12)13-6-7-13/h11-15,17H,4-10H2,1-3H3. The van der Waals surface area contributed by atoms with Crippen LogP contribution in [0.15, 0.2) is 0 Å². The molecule has 0 bridgehead atoms. The molecule has 98 valence electrons. The molecule has 3 aliphatic carbocycles. The molecule has 0 spiro atoms. The van der Waals surface area contributed by atoms with Gasteiger partial charge in [-0.15, -0.1) is 0 Å². The minimum absolute atomic E-state index is 0.575. The van der Waals surface area contributed by atoms with Gasteiger partial charge in [0.2, 0.25) is 0 Å². The Kier molecular flexibility index (Phi) is 3.01. The van der Waals surface area contributed by atoms with Crippen molar-refractivity contribution >= 4 is 0 Å². The number of hydrogen-bond acceptors (Lipinski definition) is 1. The largest absolute Gasteiger partial charge is 0.313 e. The van der Waals surface area contributed by atoms with Gasteiger partial charge in [-0.05, 0) is 74.2 Å². The van der Waals surface area contributed by atoms with Crippen LogP contribution in [-0.2, 0) is 0 Å². The van der Waals surface area contributed by atoms with Gasteiger partial charge in [0.25, 0.3) is 0 Å². The van der Waals surface area contributed by atoms with Crippen LogP contribution >= 0.6 is 0 Å². The summed E-state index contributed by atoms with van der Waals surface area (Å²) in [6.07, 6.45) is 8.88. The van der Waals surface area contributed by atoms with Gasteiger partial charge in [-0.3, -0.25) is 0 Å². The highest BCUT2D eigenvalue weighted by atomic mass is 14.9. The van der Waals surface area contributed by atoms with Crippen LogP contribution in [0.25, 0.3) is 0 Å². The third kappa shape index (κ3) is 2.86. The van der Waals surface area contributed by atoms with E-state index in [0.717, 1.165) is 29.7 Å². The zero-order valence-corrected chi connectivity index (χ0v) is 11.8. The molecular formula is C16H29N. The quantitative estimate of drug-likeness (QED) is 0.763. The van der Waals surface area contributed by atoms with Crippen molar-refractivity contribution in [2.45, 2.75) is 65.3 Å². The highest BCUT2D eigenvalue weighted by Crippen LogP contribution is 2.49. The fraction of sp³-hybridized carbons (Fsp3) is 1.00. The van der Waals surface area contributed by atoms with Crippen molar-refractivity contribution in [1.29, 1.82) is 0 Å². The lowest BCUT2D eigenvalue weighted by molar-refractivity contribution is 0.325. The number of rotatable bonds is 5. The average Bonchev–Trinajstić information content (AvgIpc) is 3.10. The predicted molar refractivity (Wildman–Crippen MR) is 72.9 cm³/mol. The Bertz CT molecular complexity index is 263. The minimum atomic E-state index is 0.575. The Morgan fingerprint density at radius 3 is 2.06 bits per heavy atom. The molecule has 3 aliphatic rings. The monoisotopic (exact) mass is 235 g/mol. The molecule has 0 heterocycles. The molecule has 1 N–H and O–H groups in total. The second-order valence-electron chi connectivity index (χ2n) is 7.90. The van der Waals surface area contributed by atoms with Crippen LogP contribution in [0, 0.1) is 29.1 Å². The van der Waals surface area contributed by atoms with Gasteiger partial charge >= 0.3 is 0 Å². The van der Waals surface area contributed by atoms with E-state index in [1.165, 1.54) is 45.1 Å². The molecule has 0 aliphatic heterocycles. The first kappa shape index (κ1) is 12.0. The van der Waals surface area contributed by atoms with Crippen molar-refractivity contribution in [3.63, 3.8) is 0 Å². The maximum Gasteiger partial charge on any atom is 0.00980 e. The molecule has 2 atom stereocenters. The van der Waals surface area contributed by atoms with Crippen LogP contribution in [0.4, 0.5) is 0 Å². The molecule has 1 nitrogen and oxygen atoms in total. The molecule has 3 rings (SSSR count). The molecule has 2 unspecified atom stereocenters. The van der Waals surface area contributed by atoms with Gasteiger partial charge in [0.1, 0.15) is 0 Å². The summed E-state index contributed by atoms with van der Waals surface area (Å²) < 4.78 is 0. The topological polar surface area (TPSA) is 12.0 Å². The Morgan fingerprint density at radius 1 is 1.06 bits per heavy atom. The third-order valence-corrected chi connectivity index (χ3v) is 5.40. The predicted octanol–water partition coefficient (Wildman–Crippen LogP) is 3.84. The molecular weight excluding hydrogens is 206 g/mol. The van der Waals surface area contributed by atoms with E-state index in [2.05, 4.69) is 26.1 Å². The van der Waals surface area contributed by atoms with E-state index in [-0.39, 0.29) is 0 Å². The van der Waals surface area contributed by atoms with E-state index in [9.17, 15) is 0 Å². The van der Waals surface area contributed by atoms with Gasteiger partial charge in [0.15, 0.2) is 0 Å². The summed E-state index contributed by atoms with van der Waals surface area (Å²) in [7, 11) is 0. The second-order valence-corrected chi connectivity index (χ2v) is 7.90. The first-order chi connectivity index (χ1) is 8.05. The minimum Gasteiger partial charge on any atom is -0.313 e. The maximum atomic E-state index is 3.93. The van der Waals surface area contributed by atoms with Crippen molar-refractivity contribution < 1.29 is 0 Å². The lowest BCUT2D eigenvalue weighted by atomic mass is 9.91. The first-order valence-electron chi connectivity index (χ1n) is 7.78. The lowest BCUT2D eigenvalue weighted by Crippen LogP contribution is -2.36. The highest BCUT2D eigenvalue weighted by molar-refractivity contribution is 4.95. The molecule has 3 fully saturated rings. The SMILES string of the molecule is CC1CC(C)(C)CC1NCC(C1CC1)C1CC1. The third-order valence-electron chi connectivity index (χ3n) is 5.40. The normalized spacial score (nSPS) is 36.7. The van der Waals surface area contributed by atoms with Gasteiger partial charge in [0.05, 0.1) is 0 Å². The Hall–Kier alpha value is -0.0400. The van der Waals surface area contributed by atoms with E-state index >= 15 is 0 Å². The fourth-order valence-corrected chi connectivity index (χ4v) is 4.22. The summed E-state index contributed by atoms with van der Waals surface area (Å²) in [5, 5.41) is 3.93. The van der Waals surface area contributed by atoms with Gasteiger partial charge < -0.3 is 5.32 Å². The van der Waals surface area contributed by atoms with E-state index in [4.69, 9.17) is 0 Å². The van der Waals surface area contributed by atoms with Crippen LogP contribution < -0.4 is 5.32 Å². The van der Waals surface area contributed by atoms with Crippen LogP contribution in [0.2, 0.25) is 0 Å². The second kappa shape index (κ2) is 4.26. The van der Waals surface area contributed by atoms with Crippen molar-refractivity contribution in [1.82, 2.24) is 5.32 Å². The Morgan fingerprint density at radius 2 is 1.65 bits per heavy atom. The molecule has 0 amide bonds. The fourth-order valence-electron chi connectivity index (χ4n) is 4.22. The van der Waals surface area contributed by atoms with E-state index < -0.39 is 0 Å². The van der Waals surface area contributed by atoms with Crippen molar-refractivity contribution in [3.8, 4) is 0 Å². The zero-order valence-electron chi connectivity index (χ0n) is 11.8. The number of hydrogen-bond donors (Lipinski definition) is 1. The molecule has 0 aromatic heterocycles. The summed E-state index contributed by atoms with van der Waals surface area (Å²) in [5.41, 5.74) is 0.575. The first-order valence-corrected chi connectivity index (χ1v) is 7.78. The molecule has 1 heteroatoms. The van der Waals surface area contributed by atoms with Crippen molar-refractivity contribution in [2.75, 3.05) is 6.54 Å². The van der Waals surface area contributed by atoms with E-state index in [1.807, 2.05) is 0 Å². The molecule has 0 aromatic rings. The van der Waals surface area contributed by atoms with Crippen LogP contribution in [0.3, 0.4) is 0 Å². The van der Waals surface area contributed by atoms with Gasteiger partial charge in [-0.1, -0.05) is 20.8 Å². The van der Waals surface area contributed by atoms with Gasteiger partial charge in [-0.2, -0.15) is 0 Å². The highest BCUT2D eigenvalue weighted by Gasteiger charge is 2.42.